The zero-order chi connectivity index (χ0) is 23.8. The van der Waals surface area contributed by atoms with E-state index in [1.54, 1.807) is 43.5 Å². The van der Waals surface area contributed by atoms with Crippen molar-refractivity contribution in [2.75, 3.05) is 7.11 Å². The summed E-state index contributed by atoms with van der Waals surface area (Å²) in [5.74, 6) is -0.273. The quantitative estimate of drug-likeness (QED) is 0.297. The molecule has 1 amide bonds. The van der Waals surface area contributed by atoms with Crippen LogP contribution in [0, 0.1) is 11.3 Å². The second kappa shape index (κ2) is 10.8. The number of hydrazone groups is 1. The topological polar surface area (TPSA) is 83.7 Å². The van der Waals surface area contributed by atoms with Crippen molar-refractivity contribution in [3.8, 4) is 17.6 Å². The molecule has 0 heterocycles. The number of nitriles is 1. The standard InChI is InChI=1S/C28H23N3O3/c1-33-27-16-20(18-30-31-28(32)25(17-29)22-8-3-2-4-9-22)14-15-26(27)34-19-23-12-7-11-21-10-5-6-13-24(21)23/h2-16,18,25H,19H2,1H3,(H,31,32)/b30-18-/t25-/m0/s1. The molecule has 0 aromatic heterocycles. The number of fused-ring (bicyclic) bond motifs is 1. The molecule has 0 bridgehead atoms. The fraction of sp³-hybridized carbons (Fsp3) is 0.107. The van der Waals surface area contributed by atoms with Gasteiger partial charge in [-0.1, -0.05) is 72.8 Å². The molecule has 0 saturated heterocycles. The van der Waals surface area contributed by atoms with E-state index in [0.717, 1.165) is 16.3 Å². The van der Waals surface area contributed by atoms with Crippen LogP contribution in [0.25, 0.3) is 10.8 Å². The number of benzene rings is 4. The number of methoxy groups -OCH3 is 1. The predicted octanol–water partition coefficient (Wildman–Crippen LogP) is 5.18. The minimum absolute atomic E-state index is 0.399. The van der Waals surface area contributed by atoms with Gasteiger partial charge in [0.05, 0.1) is 19.4 Å². The number of amides is 1. The second-order valence-corrected chi connectivity index (χ2v) is 7.54. The minimum Gasteiger partial charge on any atom is -0.493 e. The van der Waals surface area contributed by atoms with Crippen molar-refractivity contribution in [3.05, 3.63) is 108 Å². The van der Waals surface area contributed by atoms with Crippen LogP contribution in [-0.4, -0.2) is 19.2 Å². The molecule has 0 aliphatic rings. The number of nitrogens with zero attached hydrogens (tertiary/aromatic N) is 2. The van der Waals surface area contributed by atoms with Gasteiger partial charge in [0.25, 0.3) is 5.91 Å². The molecule has 0 aliphatic carbocycles. The van der Waals surface area contributed by atoms with E-state index in [2.05, 4.69) is 28.7 Å². The first-order valence-electron chi connectivity index (χ1n) is 10.7. The Hall–Kier alpha value is -4.63. The summed E-state index contributed by atoms with van der Waals surface area (Å²) in [6, 6.07) is 30.6. The van der Waals surface area contributed by atoms with E-state index in [0.29, 0.717) is 29.2 Å². The zero-order valence-electron chi connectivity index (χ0n) is 18.6. The maximum absolute atomic E-state index is 12.4. The molecule has 0 fully saturated rings. The molecule has 1 atom stereocenters. The van der Waals surface area contributed by atoms with Crippen LogP contribution in [0.1, 0.15) is 22.6 Å². The van der Waals surface area contributed by atoms with Gasteiger partial charge >= 0.3 is 0 Å². The van der Waals surface area contributed by atoms with Crippen LogP contribution in [0.4, 0.5) is 0 Å². The van der Waals surface area contributed by atoms with Crippen LogP contribution in [0.5, 0.6) is 11.5 Å². The Balaban J connectivity index is 1.42. The van der Waals surface area contributed by atoms with Gasteiger partial charge in [-0.05, 0) is 45.7 Å². The van der Waals surface area contributed by atoms with Gasteiger partial charge < -0.3 is 9.47 Å². The number of carbonyl (C=O) groups is 1. The third kappa shape index (κ3) is 5.22. The lowest BCUT2D eigenvalue weighted by molar-refractivity contribution is -0.121. The van der Waals surface area contributed by atoms with Crippen LogP contribution in [0.15, 0.2) is 96.1 Å². The largest absolute Gasteiger partial charge is 0.493 e. The number of hydrogen-bond donors (Lipinski definition) is 1. The summed E-state index contributed by atoms with van der Waals surface area (Å²) in [7, 11) is 1.57. The van der Waals surface area contributed by atoms with Crippen molar-refractivity contribution >= 4 is 22.9 Å². The molecular weight excluding hydrogens is 426 g/mol. The molecule has 0 aliphatic heterocycles. The third-order valence-electron chi connectivity index (χ3n) is 5.36. The van der Waals surface area contributed by atoms with Gasteiger partial charge in [0.1, 0.15) is 6.61 Å². The first-order valence-corrected chi connectivity index (χ1v) is 10.7. The van der Waals surface area contributed by atoms with Crippen LogP contribution >= 0.6 is 0 Å². The van der Waals surface area contributed by atoms with E-state index in [9.17, 15) is 10.1 Å². The highest BCUT2D eigenvalue weighted by molar-refractivity contribution is 5.88. The van der Waals surface area contributed by atoms with E-state index in [1.165, 1.54) is 6.21 Å². The van der Waals surface area contributed by atoms with Gasteiger partial charge in [-0.25, -0.2) is 5.43 Å². The first kappa shape index (κ1) is 22.6. The van der Waals surface area contributed by atoms with E-state index in [4.69, 9.17) is 9.47 Å². The number of nitrogens with one attached hydrogen (secondary N) is 1. The Labute approximate surface area is 198 Å². The monoisotopic (exact) mass is 449 g/mol. The zero-order valence-corrected chi connectivity index (χ0v) is 18.6. The summed E-state index contributed by atoms with van der Waals surface area (Å²) in [5, 5.41) is 15.7. The van der Waals surface area contributed by atoms with Crippen LogP contribution in [0.2, 0.25) is 0 Å². The lowest BCUT2D eigenvalue weighted by Crippen LogP contribution is -2.24. The average Bonchev–Trinajstić information content (AvgIpc) is 2.89. The Morgan fingerprint density at radius 1 is 1.00 bits per heavy atom. The first-order chi connectivity index (χ1) is 16.7. The molecule has 0 radical (unpaired) electrons. The second-order valence-electron chi connectivity index (χ2n) is 7.54. The average molecular weight is 450 g/mol. The molecule has 4 aromatic carbocycles. The number of carbonyl (C=O) groups excluding carboxylic acids is 1. The summed E-state index contributed by atoms with van der Waals surface area (Å²) < 4.78 is 11.5. The Morgan fingerprint density at radius 2 is 1.76 bits per heavy atom. The fourth-order valence-electron chi connectivity index (χ4n) is 3.62. The highest BCUT2D eigenvalue weighted by atomic mass is 16.5. The summed E-state index contributed by atoms with van der Waals surface area (Å²) in [4.78, 5) is 12.4. The van der Waals surface area contributed by atoms with Crippen LogP contribution in [-0.2, 0) is 11.4 Å². The Kier molecular flexibility index (Phi) is 7.16. The molecular formula is C28H23N3O3. The number of hydrogen-bond acceptors (Lipinski definition) is 5. The molecule has 0 saturated carbocycles. The lowest BCUT2D eigenvalue weighted by Gasteiger charge is -2.13. The van der Waals surface area contributed by atoms with E-state index in [-0.39, 0.29) is 0 Å². The van der Waals surface area contributed by atoms with E-state index < -0.39 is 11.8 Å². The highest BCUT2D eigenvalue weighted by Crippen LogP contribution is 2.29. The molecule has 0 unspecified atom stereocenters. The van der Waals surface area contributed by atoms with Crippen LogP contribution in [0.3, 0.4) is 0 Å². The number of ether oxygens (including phenoxy) is 2. The van der Waals surface area contributed by atoms with E-state index in [1.807, 2.05) is 42.5 Å². The Bertz CT molecular complexity index is 1360. The van der Waals surface area contributed by atoms with Gasteiger partial charge in [0.15, 0.2) is 17.4 Å². The highest BCUT2D eigenvalue weighted by Gasteiger charge is 2.19. The molecule has 0 spiro atoms. The normalized spacial score (nSPS) is 11.6. The molecule has 1 N–H and O–H groups in total. The SMILES string of the molecule is COc1cc(/C=N\NC(=O)[C@@H](C#N)c2ccccc2)ccc1OCc1cccc2ccccc12. The smallest absolute Gasteiger partial charge is 0.261 e. The van der Waals surface area contributed by atoms with Crippen molar-refractivity contribution < 1.29 is 14.3 Å². The molecule has 34 heavy (non-hydrogen) atoms. The third-order valence-corrected chi connectivity index (χ3v) is 5.36. The summed E-state index contributed by atoms with van der Waals surface area (Å²) in [6.07, 6.45) is 1.49. The van der Waals surface area contributed by atoms with Gasteiger partial charge in [0.2, 0.25) is 0 Å². The van der Waals surface area contributed by atoms with Gasteiger partial charge in [-0.3, -0.25) is 4.79 Å². The maximum atomic E-state index is 12.4. The molecule has 168 valence electrons. The molecule has 6 nitrogen and oxygen atoms in total. The summed E-state index contributed by atoms with van der Waals surface area (Å²) in [5.41, 5.74) is 4.84. The molecule has 4 rings (SSSR count). The summed E-state index contributed by atoms with van der Waals surface area (Å²) in [6.45, 7) is 0.399. The summed E-state index contributed by atoms with van der Waals surface area (Å²) >= 11 is 0. The van der Waals surface area contributed by atoms with Crippen molar-refractivity contribution in [3.63, 3.8) is 0 Å². The van der Waals surface area contributed by atoms with Crippen molar-refractivity contribution in [1.82, 2.24) is 5.43 Å². The minimum atomic E-state index is -0.933. The van der Waals surface area contributed by atoms with Gasteiger partial charge in [-0.2, -0.15) is 10.4 Å². The van der Waals surface area contributed by atoms with Crippen molar-refractivity contribution in [2.24, 2.45) is 5.10 Å². The fourth-order valence-corrected chi connectivity index (χ4v) is 3.62. The van der Waals surface area contributed by atoms with Gasteiger partial charge in [-0.15, -0.1) is 0 Å². The molecule has 4 aromatic rings. The van der Waals surface area contributed by atoms with Crippen LogP contribution < -0.4 is 14.9 Å². The Morgan fingerprint density at radius 3 is 2.56 bits per heavy atom. The molecule has 6 heteroatoms. The lowest BCUT2D eigenvalue weighted by atomic mass is 10.0. The maximum Gasteiger partial charge on any atom is 0.261 e. The van der Waals surface area contributed by atoms with Gasteiger partial charge in [0, 0.05) is 0 Å². The van der Waals surface area contributed by atoms with E-state index >= 15 is 0 Å². The predicted molar refractivity (Wildman–Crippen MR) is 132 cm³/mol. The van der Waals surface area contributed by atoms with Crippen molar-refractivity contribution in [2.45, 2.75) is 12.5 Å². The number of rotatable bonds is 8. The van der Waals surface area contributed by atoms with Crippen molar-refractivity contribution in [1.29, 1.82) is 5.26 Å².